The highest BCUT2D eigenvalue weighted by atomic mass is 32.1. The summed E-state index contributed by atoms with van der Waals surface area (Å²) < 4.78 is 5.38. The molecule has 0 radical (unpaired) electrons. The van der Waals surface area contributed by atoms with Gasteiger partial charge in [0.2, 0.25) is 0 Å². The standard InChI is InChI=1S/C26H31N3O2S/c1-20(27-26(30)22-11-6-7-12-23(22)31-2)25(24-13-8-18-32-24)29-16-14-28(15-17-29)19-21-9-4-3-5-10-21/h3-13,18,20,25H,14-17,19H2,1-2H3,(H,27,30)/t20-,25+/m1/s1. The minimum absolute atomic E-state index is 0.0354. The van der Waals surface area contributed by atoms with E-state index in [1.54, 1.807) is 18.4 Å². The summed E-state index contributed by atoms with van der Waals surface area (Å²) in [5.41, 5.74) is 1.92. The van der Waals surface area contributed by atoms with Crippen LogP contribution in [0.4, 0.5) is 0 Å². The van der Waals surface area contributed by atoms with Gasteiger partial charge in [-0.05, 0) is 36.1 Å². The van der Waals surface area contributed by atoms with Crippen molar-refractivity contribution in [2.24, 2.45) is 0 Å². The third-order valence-corrected chi connectivity index (χ3v) is 7.01. The lowest BCUT2D eigenvalue weighted by Crippen LogP contribution is -2.52. The summed E-state index contributed by atoms with van der Waals surface area (Å²) in [7, 11) is 1.60. The summed E-state index contributed by atoms with van der Waals surface area (Å²) in [4.78, 5) is 19.3. The monoisotopic (exact) mass is 449 g/mol. The molecule has 2 atom stereocenters. The minimum Gasteiger partial charge on any atom is -0.496 e. The number of ether oxygens (including phenoxy) is 1. The van der Waals surface area contributed by atoms with Gasteiger partial charge in [0.1, 0.15) is 5.75 Å². The van der Waals surface area contributed by atoms with Gasteiger partial charge in [-0.15, -0.1) is 11.3 Å². The number of piperazine rings is 1. The normalized spacial score (nSPS) is 16.9. The van der Waals surface area contributed by atoms with Crippen LogP contribution in [-0.4, -0.2) is 55.0 Å². The number of rotatable bonds is 8. The first-order valence-electron chi connectivity index (χ1n) is 11.1. The molecular formula is C26H31N3O2S. The third-order valence-electron chi connectivity index (χ3n) is 6.07. The van der Waals surface area contributed by atoms with Gasteiger partial charge in [-0.3, -0.25) is 14.6 Å². The number of thiophene rings is 1. The quantitative estimate of drug-likeness (QED) is 0.552. The molecule has 1 aliphatic rings. The average Bonchev–Trinajstić information content (AvgIpc) is 3.35. The van der Waals surface area contributed by atoms with Gasteiger partial charge in [0.25, 0.3) is 5.91 Å². The Bertz CT molecular complexity index is 985. The van der Waals surface area contributed by atoms with Crippen molar-refractivity contribution in [2.75, 3.05) is 33.3 Å². The molecule has 32 heavy (non-hydrogen) atoms. The van der Waals surface area contributed by atoms with Crippen LogP contribution in [0.15, 0.2) is 72.1 Å². The van der Waals surface area contributed by atoms with E-state index < -0.39 is 0 Å². The van der Waals surface area contributed by atoms with E-state index in [4.69, 9.17) is 4.74 Å². The smallest absolute Gasteiger partial charge is 0.255 e. The molecule has 1 aromatic heterocycles. The Hall–Kier alpha value is -2.67. The van der Waals surface area contributed by atoms with Gasteiger partial charge < -0.3 is 10.1 Å². The number of hydrogen-bond donors (Lipinski definition) is 1. The van der Waals surface area contributed by atoms with Crippen LogP contribution in [0.5, 0.6) is 5.75 Å². The third kappa shape index (κ3) is 5.38. The van der Waals surface area contributed by atoms with E-state index in [1.807, 2.05) is 24.3 Å². The summed E-state index contributed by atoms with van der Waals surface area (Å²) >= 11 is 1.76. The first kappa shape index (κ1) is 22.5. The number of nitrogens with one attached hydrogen (secondary N) is 1. The molecule has 0 bridgehead atoms. The molecule has 0 aliphatic carbocycles. The van der Waals surface area contributed by atoms with Gasteiger partial charge in [0.05, 0.1) is 18.7 Å². The van der Waals surface area contributed by atoms with Gasteiger partial charge in [-0.25, -0.2) is 0 Å². The Balaban J connectivity index is 1.43. The van der Waals surface area contributed by atoms with Crippen LogP contribution in [0.1, 0.15) is 33.8 Å². The first-order chi connectivity index (χ1) is 15.7. The highest BCUT2D eigenvalue weighted by molar-refractivity contribution is 7.10. The van der Waals surface area contributed by atoms with Gasteiger partial charge >= 0.3 is 0 Å². The molecule has 0 spiro atoms. The number of amides is 1. The van der Waals surface area contributed by atoms with E-state index in [9.17, 15) is 4.79 Å². The molecule has 0 unspecified atom stereocenters. The lowest BCUT2D eigenvalue weighted by Gasteiger charge is -2.41. The summed E-state index contributed by atoms with van der Waals surface area (Å²) in [6.07, 6.45) is 0. The number of nitrogens with zero attached hydrogens (tertiary/aromatic N) is 2. The predicted octanol–water partition coefficient (Wildman–Crippen LogP) is 4.43. The largest absolute Gasteiger partial charge is 0.496 e. The Morgan fingerprint density at radius 3 is 2.41 bits per heavy atom. The van der Waals surface area contributed by atoms with E-state index in [-0.39, 0.29) is 18.0 Å². The molecule has 6 heteroatoms. The molecule has 2 aromatic carbocycles. The number of carbonyl (C=O) groups is 1. The van der Waals surface area contributed by atoms with Crippen LogP contribution in [0, 0.1) is 0 Å². The molecule has 1 saturated heterocycles. The highest BCUT2D eigenvalue weighted by Gasteiger charge is 2.31. The predicted molar refractivity (Wildman–Crippen MR) is 130 cm³/mol. The van der Waals surface area contributed by atoms with Gasteiger partial charge in [0.15, 0.2) is 0 Å². The topological polar surface area (TPSA) is 44.8 Å². The summed E-state index contributed by atoms with van der Waals surface area (Å²) in [6, 6.07) is 22.4. The van der Waals surface area contributed by atoms with Crippen molar-refractivity contribution in [2.45, 2.75) is 25.6 Å². The van der Waals surface area contributed by atoms with Crippen LogP contribution in [-0.2, 0) is 6.54 Å². The fourth-order valence-electron chi connectivity index (χ4n) is 4.44. The molecule has 1 N–H and O–H groups in total. The second-order valence-electron chi connectivity index (χ2n) is 8.22. The van der Waals surface area contributed by atoms with Crippen LogP contribution < -0.4 is 10.1 Å². The van der Waals surface area contributed by atoms with E-state index in [2.05, 4.69) is 69.9 Å². The number of methoxy groups -OCH3 is 1. The molecule has 4 rings (SSSR count). The Morgan fingerprint density at radius 1 is 1.00 bits per heavy atom. The molecule has 1 aliphatic heterocycles. The Kier molecular flexibility index (Phi) is 7.58. The zero-order chi connectivity index (χ0) is 22.3. The summed E-state index contributed by atoms with van der Waals surface area (Å²) in [5, 5.41) is 5.35. The van der Waals surface area contributed by atoms with Crippen LogP contribution >= 0.6 is 11.3 Å². The Morgan fingerprint density at radius 2 is 1.72 bits per heavy atom. The minimum atomic E-state index is -0.0979. The molecule has 0 saturated carbocycles. The summed E-state index contributed by atoms with van der Waals surface area (Å²) in [5.74, 6) is 0.499. The fourth-order valence-corrected chi connectivity index (χ4v) is 5.40. The molecule has 5 nitrogen and oxygen atoms in total. The van der Waals surface area contributed by atoms with Crippen molar-refractivity contribution in [3.05, 3.63) is 88.1 Å². The number of hydrogen-bond acceptors (Lipinski definition) is 5. The van der Waals surface area contributed by atoms with Crippen molar-refractivity contribution in [3.63, 3.8) is 0 Å². The highest BCUT2D eigenvalue weighted by Crippen LogP contribution is 2.30. The van der Waals surface area contributed by atoms with E-state index >= 15 is 0 Å². The Labute approximate surface area is 194 Å². The summed E-state index contributed by atoms with van der Waals surface area (Å²) in [6.45, 7) is 7.08. The van der Waals surface area contributed by atoms with Crippen molar-refractivity contribution in [1.82, 2.24) is 15.1 Å². The number of para-hydroxylation sites is 1. The van der Waals surface area contributed by atoms with Crippen LogP contribution in [0.2, 0.25) is 0 Å². The van der Waals surface area contributed by atoms with Crippen molar-refractivity contribution in [3.8, 4) is 5.75 Å². The average molecular weight is 450 g/mol. The van der Waals surface area contributed by atoms with Crippen molar-refractivity contribution < 1.29 is 9.53 Å². The maximum absolute atomic E-state index is 13.0. The SMILES string of the molecule is COc1ccccc1C(=O)N[C@H](C)[C@@H](c1cccs1)N1CCN(Cc2ccccc2)CC1. The molecule has 168 valence electrons. The van der Waals surface area contributed by atoms with Gasteiger partial charge in [-0.1, -0.05) is 48.5 Å². The van der Waals surface area contributed by atoms with Crippen LogP contribution in [0.3, 0.4) is 0 Å². The van der Waals surface area contributed by atoms with E-state index in [0.717, 1.165) is 32.7 Å². The molecule has 3 aromatic rings. The maximum atomic E-state index is 13.0. The van der Waals surface area contributed by atoms with Gasteiger partial charge in [0, 0.05) is 43.6 Å². The zero-order valence-corrected chi connectivity index (χ0v) is 19.6. The molecular weight excluding hydrogens is 418 g/mol. The number of benzene rings is 2. The fraction of sp³-hybridized carbons (Fsp3) is 0.346. The lowest BCUT2D eigenvalue weighted by atomic mass is 10.0. The van der Waals surface area contributed by atoms with E-state index in [0.29, 0.717) is 11.3 Å². The second-order valence-corrected chi connectivity index (χ2v) is 9.20. The van der Waals surface area contributed by atoms with Crippen molar-refractivity contribution in [1.29, 1.82) is 0 Å². The second kappa shape index (κ2) is 10.8. The first-order valence-corrected chi connectivity index (χ1v) is 12.0. The van der Waals surface area contributed by atoms with Gasteiger partial charge in [-0.2, -0.15) is 0 Å². The number of carbonyl (C=O) groups excluding carboxylic acids is 1. The molecule has 1 fully saturated rings. The zero-order valence-electron chi connectivity index (χ0n) is 18.7. The molecule has 1 amide bonds. The van der Waals surface area contributed by atoms with E-state index in [1.165, 1.54) is 10.4 Å². The van der Waals surface area contributed by atoms with Crippen LogP contribution in [0.25, 0.3) is 0 Å². The maximum Gasteiger partial charge on any atom is 0.255 e. The lowest BCUT2D eigenvalue weighted by molar-refractivity contribution is 0.0713. The molecule has 2 heterocycles. The van der Waals surface area contributed by atoms with Crippen molar-refractivity contribution >= 4 is 17.2 Å².